The highest BCUT2D eigenvalue weighted by Gasteiger charge is 2.06. The van der Waals surface area contributed by atoms with E-state index in [0.717, 1.165) is 23.4 Å². The predicted octanol–water partition coefficient (Wildman–Crippen LogP) is 3.77. The summed E-state index contributed by atoms with van der Waals surface area (Å²) in [7, 11) is 0. The van der Waals surface area contributed by atoms with E-state index in [4.69, 9.17) is 0 Å². The maximum atomic E-state index is 9.71. The standard InChI is InChI=1S/C17H19NO/c1-12-7-4-5-8-15(12)11-18-14(3)16-9-6-10-17(19)13(16)2/h4-10,18-19H,3,11H2,1-2H3. The monoisotopic (exact) mass is 253 g/mol. The van der Waals surface area contributed by atoms with Crippen LogP contribution in [0.5, 0.6) is 5.75 Å². The molecule has 0 aliphatic rings. The Kier molecular flexibility index (Phi) is 3.91. The number of aromatic hydroxyl groups is 1. The van der Waals surface area contributed by atoms with Crippen LogP contribution in [-0.4, -0.2) is 5.11 Å². The zero-order valence-corrected chi connectivity index (χ0v) is 11.4. The van der Waals surface area contributed by atoms with Crippen molar-refractivity contribution in [3.05, 3.63) is 71.3 Å². The molecule has 2 aromatic carbocycles. The molecule has 0 aliphatic heterocycles. The average Bonchev–Trinajstić information content (AvgIpc) is 2.40. The van der Waals surface area contributed by atoms with Gasteiger partial charge in [0.25, 0.3) is 0 Å². The van der Waals surface area contributed by atoms with E-state index in [1.807, 2.05) is 31.2 Å². The van der Waals surface area contributed by atoms with Gasteiger partial charge in [-0.1, -0.05) is 43.0 Å². The van der Waals surface area contributed by atoms with Crippen LogP contribution in [0.3, 0.4) is 0 Å². The van der Waals surface area contributed by atoms with Crippen LogP contribution in [0.15, 0.2) is 49.0 Å². The van der Waals surface area contributed by atoms with Crippen molar-refractivity contribution < 1.29 is 5.11 Å². The minimum atomic E-state index is 0.302. The van der Waals surface area contributed by atoms with E-state index in [1.165, 1.54) is 11.1 Å². The van der Waals surface area contributed by atoms with E-state index in [2.05, 4.69) is 31.0 Å². The molecule has 2 rings (SSSR count). The van der Waals surface area contributed by atoms with Gasteiger partial charge in [0.15, 0.2) is 0 Å². The van der Waals surface area contributed by atoms with Crippen molar-refractivity contribution in [3.63, 3.8) is 0 Å². The predicted molar refractivity (Wildman–Crippen MR) is 79.9 cm³/mol. The van der Waals surface area contributed by atoms with Gasteiger partial charge in [0.1, 0.15) is 5.75 Å². The Hall–Kier alpha value is -2.22. The van der Waals surface area contributed by atoms with Gasteiger partial charge in [-0.25, -0.2) is 0 Å². The average molecular weight is 253 g/mol. The van der Waals surface area contributed by atoms with E-state index < -0.39 is 0 Å². The van der Waals surface area contributed by atoms with Gasteiger partial charge in [0, 0.05) is 23.4 Å². The lowest BCUT2D eigenvalue weighted by Gasteiger charge is -2.14. The van der Waals surface area contributed by atoms with Crippen LogP contribution in [0.25, 0.3) is 5.70 Å². The molecule has 2 nitrogen and oxygen atoms in total. The summed E-state index contributed by atoms with van der Waals surface area (Å²) in [6.07, 6.45) is 0. The van der Waals surface area contributed by atoms with Gasteiger partial charge in [-0.05, 0) is 31.0 Å². The first-order valence-electron chi connectivity index (χ1n) is 6.36. The third-order valence-electron chi connectivity index (χ3n) is 3.38. The zero-order chi connectivity index (χ0) is 13.8. The van der Waals surface area contributed by atoms with Crippen LogP contribution >= 0.6 is 0 Å². The fraction of sp³-hybridized carbons (Fsp3) is 0.176. The van der Waals surface area contributed by atoms with Crippen molar-refractivity contribution in [2.45, 2.75) is 20.4 Å². The summed E-state index contributed by atoms with van der Waals surface area (Å²) in [5, 5.41) is 13.0. The largest absolute Gasteiger partial charge is 0.508 e. The maximum absolute atomic E-state index is 9.71. The van der Waals surface area contributed by atoms with E-state index in [0.29, 0.717) is 5.75 Å². The number of hydrogen-bond acceptors (Lipinski definition) is 2. The summed E-state index contributed by atoms with van der Waals surface area (Å²) in [5.41, 5.74) is 5.15. The molecule has 0 fully saturated rings. The molecule has 2 N–H and O–H groups in total. The van der Waals surface area contributed by atoms with Gasteiger partial charge < -0.3 is 10.4 Å². The second-order valence-corrected chi connectivity index (χ2v) is 4.71. The first kappa shape index (κ1) is 13.2. The molecule has 0 aromatic heterocycles. The first-order valence-corrected chi connectivity index (χ1v) is 6.36. The van der Waals surface area contributed by atoms with Crippen molar-refractivity contribution in [1.29, 1.82) is 0 Å². The smallest absolute Gasteiger partial charge is 0.119 e. The fourth-order valence-corrected chi connectivity index (χ4v) is 2.06. The van der Waals surface area contributed by atoms with Gasteiger partial charge in [-0.3, -0.25) is 0 Å². The quantitative estimate of drug-likeness (QED) is 0.869. The topological polar surface area (TPSA) is 32.3 Å². The summed E-state index contributed by atoms with van der Waals surface area (Å²) in [6.45, 7) is 8.78. The number of phenolic OH excluding ortho intramolecular Hbond substituents is 1. The van der Waals surface area contributed by atoms with Crippen molar-refractivity contribution in [2.24, 2.45) is 0 Å². The molecular formula is C17H19NO. The fourth-order valence-electron chi connectivity index (χ4n) is 2.06. The molecule has 0 atom stereocenters. The highest BCUT2D eigenvalue weighted by Crippen LogP contribution is 2.23. The Morgan fingerprint density at radius 3 is 2.58 bits per heavy atom. The van der Waals surface area contributed by atoms with Crippen LogP contribution in [0.2, 0.25) is 0 Å². The van der Waals surface area contributed by atoms with Gasteiger partial charge in [-0.15, -0.1) is 0 Å². The number of rotatable bonds is 4. The molecule has 0 saturated carbocycles. The Labute approximate surface area is 114 Å². The summed E-state index contributed by atoms with van der Waals surface area (Å²) in [6, 6.07) is 13.7. The Balaban J connectivity index is 2.10. The summed E-state index contributed by atoms with van der Waals surface area (Å²) in [5.74, 6) is 0.302. The molecule has 0 heterocycles. The highest BCUT2D eigenvalue weighted by atomic mass is 16.3. The summed E-state index contributed by atoms with van der Waals surface area (Å²) in [4.78, 5) is 0. The highest BCUT2D eigenvalue weighted by molar-refractivity contribution is 5.66. The van der Waals surface area contributed by atoms with E-state index in [9.17, 15) is 5.11 Å². The molecule has 0 spiro atoms. The van der Waals surface area contributed by atoms with Crippen molar-refractivity contribution in [1.82, 2.24) is 5.32 Å². The second-order valence-electron chi connectivity index (χ2n) is 4.71. The minimum absolute atomic E-state index is 0.302. The van der Waals surface area contributed by atoms with Crippen LogP contribution in [0.1, 0.15) is 22.3 Å². The number of nitrogens with one attached hydrogen (secondary N) is 1. The molecule has 98 valence electrons. The van der Waals surface area contributed by atoms with Crippen LogP contribution in [0.4, 0.5) is 0 Å². The molecule has 0 saturated heterocycles. The number of benzene rings is 2. The molecule has 2 heteroatoms. The Morgan fingerprint density at radius 2 is 1.84 bits per heavy atom. The van der Waals surface area contributed by atoms with Gasteiger partial charge in [-0.2, -0.15) is 0 Å². The molecule has 0 unspecified atom stereocenters. The second kappa shape index (κ2) is 5.61. The van der Waals surface area contributed by atoms with Crippen LogP contribution in [-0.2, 0) is 6.54 Å². The molecule has 0 aliphatic carbocycles. The van der Waals surface area contributed by atoms with E-state index in [-0.39, 0.29) is 0 Å². The number of phenols is 1. The zero-order valence-electron chi connectivity index (χ0n) is 11.4. The third-order valence-corrected chi connectivity index (χ3v) is 3.38. The van der Waals surface area contributed by atoms with E-state index in [1.54, 1.807) is 6.07 Å². The van der Waals surface area contributed by atoms with Crippen molar-refractivity contribution in [3.8, 4) is 5.75 Å². The number of aryl methyl sites for hydroxylation is 1. The lowest BCUT2D eigenvalue weighted by molar-refractivity contribution is 0.471. The molecule has 19 heavy (non-hydrogen) atoms. The molecule has 0 radical (unpaired) electrons. The summed E-state index contributed by atoms with van der Waals surface area (Å²) < 4.78 is 0. The first-order chi connectivity index (χ1) is 9.09. The third kappa shape index (κ3) is 2.97. The maximum Gasteiger partial charge on any atom is 0.119 e. The lowest BCUT2D eigenvalue weighted by Crippen LogP contribution is -2.12. The van der Waals surface area contributed by atoms with Crippen LogP contribution < -0.4 is 5.32 Å². The normalized spacial score (nSPS) is 10.2. The van der Waals surface area contributed by atoms with Crippen molar-refractivity contribution >= 4 is 5.70 Å². The lowest BCUT2D eigenvalue weighted by atomic mass is 10.0. The minimum Gasteiger partial charge on any atom is -0.508 e. The Bertz CT molecular complexity index is 602. The van der Waals surface area contributed by atoms with Crippen molar-refractivity contribution in [2.75, 3.05) is 0 Å². The molecule has 2 aromatic rings. The summed E-state index contributed by atoms with van der Waals surface area (Å²) >= 11 is 0. The van der Waals surface area contributed by atoms with E-state index >= 15 is 0 Å². The molecule has 0 amide bonds. The van der Waals surface area contributed by atoms with Gasteiger partial charge >= 0.3 is 0 Å². The molecular weight excluding hydrogens is 234 g/mol. The number of hydrogen-bond donors (Lipinski definition) is 2. The Morgan fingerprint density at radius 1 is 1.11 bits per heavy atom. The van der Waals surface area contributed by atoms with Crippen LogP contribution in [0, 0.1) is 13.8 Å². The van der Waals surface area contributed by atoms with Gasteiger partial charge in [0.2, 0.25) is 0 Å². The SMILES string of the molecule is C=C(NCc1ccccc1C)c1cccc(O)c1C. The van der Waals surface area contributed by atoms with Gasteiger partial charge in [0.05, 0.1) is 0 Å². The molecule has 0 bridgehead atoms.